The van der Waals surface area contributed by atoms with Crippen molar-refractivity contribution in [2.24, 2.45) is 0 Å². The maximum atomic E-state index is 11.9. The standard InChI is InChI=1S/C12H15N3O2/c1-8-3-4-10-9(7-8)11(15-14-10)12(16)13-5-6-17-2/h3-4,7H,5-6H2,1-2H3,(H,13,16)(H,14,15). The zero-order valence-corrected chi connectivity index (χ0v) is 9.91. The molecule has 0 bridgehead atoms. The van der Waals surface area contributed by atoms with E-state index < -0.39 is 0 Å². The first-order chi connectivity index (χ1) is 8.22. The van der Waals surface area contributed by atoms with E-state index in [0.29, 0.717) is 18.8 Å². The molecule has 0 aliphatic heterocycles. The monoisotopic (exact) mass is 233 g/mol. The van der Waals surface area contributed by atoms with E-state index in [2.05, 4.69) is 15.5 Å². The van der Waals surface area contributed by atoms with Crippen LogP contribution in [0, 0.1) is 6.92 Å². The van der Waals surface area contributed by atoms with Gasteiger partial charge in [-0.3, -0.25) is 9.89 Å². The number of hydrogen-bond donors (Lipinski definition) is 2. The van der Waals surface area contributed by atoms with E-state index in [-0.39, 0.29) is 5.91 Å². The molecule has 0 radical (unpaired) electrons. The molecule has 1 aromatic heterocycles. The quantitative estimate of drug-likeness (QED) is 0.781. The summed E-state index contributed by atoms with van der Waals surface area (Å²) in [5.41, 5.74) is 2.40. The van der Waals surface area contributed by atoms with Gasteiger partial charge in [-0.25, -0.2) is 0 Å². The van der Waals surface area contributed by atoms with Crippen LogP contribution in [-0.4, -0.2) is 36.4 Å². The third-order valence-electron chi connectivity index (χ3n) is 2.53. The van der Waals surface area contributed by atoms with E-state index in [1.807, 2.05) is 25.1 Å². The summed E-state index contributed by atoms with van der Waals surface area (Å²) < 4.78 is 4.87. The number of rotatable bonds is 4. The summed E-state index contributed by atoms with van der Waals surface area (Å²) in [5, 5.41) is 10.5. The lowest BCUT2D eigenvalue weighted by Gasteiger charge is -2.02. The number of nitrogens with zero attached hydrogens (tertiary/aromatic N) is 1. The molecule has 2 rings (SSSR count). The Bertz CT molecular complexity index is 534. The maximum Gasteiger partial charge on any atom is 0.272 e. The summed E-state index contributed by atoms with van der Waals surface area (Å²) in [6.45, 7) is 2.96. The van der Waals surface area contributed by atoms with E-state index in [1.165, 1.54) is 0 Å². The van der Waals surface area contributed by atoms with Crippen molar-refractivity contribution in [3.8, 4) is 0 Å². The van der Waals surface area contributed by atoms with Gasteiger partial charge in [-0.05, 0) is 19.1 Å². The lowest BCUT2D eigenvalue weighted by atomic mass is 10.1. The normalized spacial score (nSPS) is 10.7. The molecule has 1 heterocycles. The molecule has 0 unspecified atom stereocenters. The summed E-state index contributed by atoms with van der Waals surface area (Å²) >= 11 is 0. The predicted molar refractivity (Wildman–Crippen MR) is 65.0 cm³/mol. The van der Waals surface area contributed by atoms with Crippen molar-refractivity contribution in [1.82, 2.24) is 15.5 Å². The van der Waals surface area contributed by atoms with Crippen LogP contribution in [0.25, 0.3) is 10.9 Å². The fraction of sp³-hybridized carbons (Fsp3) is 0.333. The molecule has 0 saturated heterocycles. The molecule has 17 heavy (non-hydrogen) atoms. The van der Waals surface area contributed by atoms with Gasteiger partial charge in [-0.15, -0.1) is 0 Å². The van der Waals surface area contributed by atoms with Gasteiger partial charge in [0.15, 0.2) is 5.69 Å². The number of aromatic nitrogens is 2. The van der Waals surface area contributed by atoms with E-state index in [4.69, 9.17) is 4.74 Å². The molecule has 2 aromatic rings. The zero-order chi connectivity index (χ0) is 12.3. The number of methoxy groups -OCH3 is 1. The predicted octanol–water partition coefficient (Wildman–Crippen LogP) is 1.25. The van der Waals surface area contributed by atoms with Gasteiger partial charge in [0, 0.05) is 19.0 Å². The fourth-order valence-electron chi connectivity index (χ4n) is 1.65. The van der Waals surface area contributed by atoms with Gasteiger partial charge in [0.25, 0.3) is 5.91 Å². The molecule has 5 heteroatoms. The molecular formula is C12H15N3O2. The number of benzene rings is 1. The van der Waals surface area contributed by atoms with E-state index in [1.54, 1.807) is 7.11 Å². The SMILES string of the molecule is COCCNC(=O)c1n[nH]c2ccc(C)cc12. The Morgan fingerprint density at radius 3 is 3.12 bits per heavy atom. The smallest absolute Gasteiger partial charge is 0.272 e. The van der Waals surface area contributed by atoms with Gasteiger partial charge in [-0.1, -0.05) is 11.6 Å². The molecule has 0 spiro atoms. The third kappa shape index (κ3) is 2.45. The zero-order valence-electron chi connectivity index (χ0n) is 9.91. The highest BCUT2D eigenvalue weighted by molar-refractivity contribution is 6.04. The summed E-state index contributed by atoms with van der Waals surface area (Å²) in [7, 11) is 1.60. The molecule has 0 aliphatic rings. The highest BCUT2D eigenvalue weighted by Gasteiger charge is 2.13. The van der Waals surface area contributed by atoms with Gasteiger partial charge >= 0.3 is 0 Å². The molecule has 5 nitrogen and oxygen atoms in total. The van der Waals surface area contributed by atoms with Crippen molar-refractivity contribution in [3.63, 3.8) is 0 Å². The highest BCUT2D eigenvalue weighted by Crippen LogP contribution is 2.17. The number of fused-ring (bicyclic) bond motifs is 1. The Labute approximate surface area is 99.2 Å². The van der Waals surface area contributed by atoms with E-state index in [9.17, 15) is 4.79 Å². The van der Waals surface area contributed by atoms with Gasteiger partial charge in [0.05, 0.1) is 12.1 Å². The molecular weight excluding hydrogens is 218 g/mol. The maximum absolute atomic E-state index is 11.9. The van der Waals surface area contributed by atoms with Crippen molar-refractivity contribution in [2.45, 2.75) is 6.92 Å². The second-order valence-corrected chi connectivity index (χ2v) is 3.87. The van der Waals surface area contributed by atoms with Crippen molar-refractivity contribution >= 4 is 16.8 Å². The molecule has 2 N–H and O–H groups in total. The van der Waals surface area contributed by atoms with Crippen molar-refractivity contribution < 1.29 is 9.53 Å². The number of ether oxygens (including phenoxy) is 1. The van der Waals surface area contributed by atoms with Crippen LogP contribution >= 0.6 is 0 Å². The van der Waals surface area contributed by atoms with Gasteiger partial charge < -0.3 is 10.1 Å². The Hall–Kier alpha value is -1.88. The van der Waals surface area contributed by atoms with Crippen LogP contribution in [0.4, 0.5) is 0 Å². The fourth-order valence-corrected chi connectivity index (χ4v) is 1.65. The average molecular weight is 233 g/mol. The number of nitrogens with one attached hydrogen (secondary N) is 2. The minimum Gasteiger partial charge on any atom is -0.383 e. The third-order valence-corrected chi connectivity index (χ3v) is 2.53. The Kier molecular flexibility index (Phi) is 3.39. The molecule has 1 amide bonds. The topological polar surface area (TPSA) is 67.0 Å². The van der Waals surface area contributed by atoms with Crippen LogP contribution in [-0.2, 0) is 4.74 Å². The lowest BCUT2D eigenvalue weighted by molar-refractivity contribution is 0.0933. The average Bonchev–Trinajstić information content (AvgIpc) is 2.72. The second kappa shape index (κ2) is 4.97. The molecule has 1 aromatic carbocycles. The summed E-state index contributed by atoms with van der Waals surface area (Å²) in [6, 6.07) is 5.85. The van der Waals surface area contributed by atoms with Gasteiger partial charge in [-0.2, -0.15) is 5.10 Å². The molecule has 0 saturated carbocycles. The highest BCUT2D eigenvalue weighted by atomic mass is 16.5. The van der Waals surface area contributed by atoms with E-state index >= 15 is 0 Å². The van der Waals surface area contributed by atoms with Crippen LogP contribution in [0.15, 0.2) is 18.2 Å². The summed E-state index contributed by atoms with van der Waals surface area (Å²) in [4.78, 5) is 11.9. The minimum absolute atomic E-state index is 0.182. The summed E-state index contributed by atoms with van der Waals surface area (Å²) in [5.74, 6) is -0.182. The summed E-state index contributed by atoms with van der Waals surface area (Å²) in [6.07, 6.45) is 0. The molecule has 0 aliphatic carbocycles. The molecule has 0 atom stereocenters. The van der Waals surface area contributed by atoms with Crippen LogP contribution in [0.3, 0.4) is 0 Å². The van der Waals surface area contributed by atoms with Crippen LogP contribution in [0.5, 0.6) is 0 Å². The number of hydrogen-bond acceptors (Lipinski definition) is 3. The van der Waals surface area contributed by atoms with Crippen LogP contribution in [0.1, 0.15) is 16.1 Å². The van der Waals surface area contributed by atoms with Crippen molar-refractivity contribution in [2.75, 3.05) is 20.3 Å². The first kappa shape index (κ1) is 11.6. The molecule has 90 valence electrons. The van der Waals surface area contributed by atoms with Crippen molar-refractivity contribution in [1.29, 1.82) is 0 Å². The Morgan fingerprint density at radius 2 is 2.35 bits per heavy atom. The number of carbonyl (C=O) groups excluding carboxylic acids is 1. The first-order valence-corrected chi connectivity index (χ1v) is 5.44. The van der Waals surface area contributed by atoms with Gasteiger partial charge in [0.2, 0.25) is 0 Å². The number of H-pyrrole nitrogens is 1. The number of carbonyl (C=O) groups is 1. The molecule has 0 fully saturated rings. The second-order valence-electron chi connectivity index (χ2n) is 3.87. The van der Waals surface area contributed by atoms with Crippen LogP contribution < -0.4 is 5.32 Å². The Balaban J connectivity index is 2.23. The number of aryl methyl sites for hydroxylation is 1. The lowest BCUT2D eigenvalue weighted by Crippen LogP contribution is -2.27. The van der Waals surface area contributed by atoms with Crippen LogP contribution in [0.2, 0.25) is 0 Å². The largest absolute Gasteiger partial charge is 0.383 e. The minimum atomic E-state index is -0.182. The first-order valence-electron chi connectivity index (χ1n) is 5.44. The van der Waals surface area contributed by atoms with E-state index in [0.717, 1.165) is 16.5 Å². The number of amides is 1. The van der Waals surface area contributed by atoms with Crippen molar-refractivity contribution in [3.05, 3.63) is 29.5 Å². The Morgan fingerprint density at radius 1 is 1.53 bits per heavy atom. The van der Waals surface area contributed by atoms with Gasteiger partial charge in [0.1, 0.15) is 0 Å². The number of aromatic amines is 1.